The Labute approximate surface area is 194 Å². The molecule has 3 heterocycles. The molecule has 1 fully saturated rings. The first kappa shape index (κ1) is 21.6. The van der Waals surface area contributed by atoms with Crippen molar-refractivity contribution in [1.82, 2.24) is 19.9 Å². The molecule has 0 amide bonds. The summed E-state index contributed by atoms with van der Waals surface area (Å²) in [4.78, 5) is 16.5. The molecular weight excluding hydrogens is 441 g/mol. The summed E-state index contributed by atoms with van der Waals surface area (Å²) in [5.74, 6) is 1.29. The number of aliphatic hydroxyl groups excluding tert-OH is 1. The van der Waals surface area contributed by atoms with Crippen molar-refractivity contribution < 1.29 is 9.50 Å². The summed E-state index contributed by atoms with van der Waals surface area (Å²) in [5.41, 5.74) is 6.11. The highest BCUT2D eigenvalue weighted by molar-refractivity contribution is 7.16. The number of hydrogen-bond donors (Lipinski definition) is 5. The molecule has 5 rings (SSSR count). The van der Waals surface area contributed by atoms with Crippen LogP contribution < -0.4 is 16.0 Å². The molecular formula is C23H26FN7OS. The van der Waals surface area contributed by atoms with E-state index >= 15 is 0 Å². The van der Waals surface area contributed by atoms with E-state index in [2.05, 4.69) is 35.9 Å². The number of halogens is 1. The van der Waals surface area contributed by atoms with Crippen LogP contribution in [0, 0.1) is 0 Å². The first-order valence-electron chi connectivity index (χ1n) is 11.1. The number of aromatic amines is 1. The van der Waals surface area contributed by atoms with Gasteiger partial charge >= 0.3 is 0 Å². The lowest BCUT2D eigenvalue weighted by Crippen LogP contribution is -2.25. The van der Waals surface area contributed by atoms with Crippen molar-refractivity contribution in [3.8, 4) is 11.3 Å². The fourth-order valence-corrected chi connectivity index (χ4v) is 4.77. The van der Waals surface area contributed by atoms with Crippen LogP contribution in [0.1, 0.15) is 25.7 Å². The quantitative estimate of drug-likeness (QED) is 0.222. The molecule has 0 aliphatic heterocycles. The van der Waals surface area contributed by atoms with E-state index in [4.69, 9.17) is 5.11 Å². The van der Waals surface area contributed by atoms with Gasteiger partial charge < -0.3 is 26.0 Å². The number of nitrogens with one attached hydrogen (secondary N) is 4. The van der Waals surface area contributed by atoms with Crippen molar-refractivity contribution in [3.63, 3.8) is 0 Å². The summed E-state index contributed by atoms with van der Waals surface area (Å²) < 4.78 is 15.5. The molecule has 4 aromatic rings. The summed E-state index contributed by atoms with van der Waals surface area (Å²) in [6, 6.07) is 7.68. The fraction of sp³-hybridized carbons (Fsp3) is 0.348. The van der Waals surface area contributed by atoms with E-state index < -0.39 is 6.17 Å². The molecule has 33 heavy (non-hydrogen) atoms. The fourth-order valence-electron chi connectivity index (χ4n) is 4.05. The highest BCUT2D eigenvalue weighted by atomic mass is 32.1. The number of aliphatic hydroxyl groups is 1. The third-order valence-corrected chi connectivity index (χ3v) is 6.57. The predicted octanol–water partition coefficient (Wildman–Crippen LogP) is 4.92. The van der Waals surface area contributed by atoms with Gasteiger partial charge in [-0.1, -0.05) is 0 Å². The number of nitrogens with zero attached hydrogens (tertiary/aromatic N) is 3. The first-order chi connectivity index (χ1) is 16.2. The molecule has 1 aromatic carbocycles. The minimum atomic E-state index is -0.867. The van der Waals surface area contributed by atoms with E-state index in [1.54, 1.807) is 23.7 Å². The Morgan fingerprint density at radius 2 is 2.09 bits per heavy atom. The van der Waals surface area contributed by atoms with Gasteiger partial charge in [0, 0.05) is 42.4 Å². The molecule has 2 atom stereocenters. The number of pyridine rings is 1. The predicted molar refractivity (Wildman–Crippen MR) is 131 cm³/mol. The Morgan fingerprint density at radius 1 is 1.15 bits per heavy atom. The molecule has 3 aromatic heterocycles. The second-order valence-electron chi connectivity index (χ2n) is 8.12. The van der Waals surface area contributed by atoms with E-state index in [-0.39, 0.29) is 12.6 Å². The summed E-state index contributed by atoms with van der Waals surface area (Å²) in [5, 5.41) is 18.9. The minimum absolute atomic E-state index is 0.120. The number of fused-ring (bicyclic) bond motifs is 1. The molecule has 1 aliphatic rings. The number of benzene rings is 1. The average Bonchev–Trinajstić information content (AvgIpc) is 3.56. The molecule has 10 heteroatoms. The summed E-state index contributed by atoms with van der Waals surface area (Å²) in [7, 11) is 0. The Balaban J connectivity index is 1.42. The van der Waals surface area contributed by atoms with Crippen molar-refractivity contribution in [2.24, 2.45) is 0 Å². The van der Waals surface area contributed by atoms with E-state index in [0.717, 1.165) is 45.7 Å². The smallest absolute Gasteiger partial charge is 0.200 e. The van der Waals surface area contributed by atoms with Crippen LogP contribution in [-0.4, -0.2) is 50.4 Å². The van der Waals surface area contributed by atoms with Crippen molar-refractivity contribution in [2.45, 2.75) is 37.9 Å². The molecule has 0 bridgehead atoms. The number of anilines is 4. The van der Waals surface area contributed by atoms with Gasteiger partial charge in [0.25, 0.3) is 0 Å². The van der Waals surface area contributed by atoms with Crippen LogP contribution in [0.5, 0.6) is 0 Å². The average molecular weight is 468 g/mol. The Morgan fingerprint density at radius 3 is 2.94 bits per heavy atom. The van der Waals surface area contributed by atoms with Crippen molar-refractivity contribution in [3.05, 3.63) is 42.2 Å². The molecule has 1 saturated carbocycles. The van der Waals surface area contributed by atoms with Crippen molar-refractivity contribution in [2.75, 3.05) is 29.1 Å². The van der Waals surface area contributed by atoms with E-state index in [9.17, 15) is 4.39 Å². The first-order valence-corrected chi connectivity index (χ1v) is 12.0. The van der Waals surface area contributed by atoms with Gasteiger partial charge in [0.15, 0.2) is 0 Å². The summed E-state index contributed by atoms with van der Waals surface area (Å²) >= 11 is 1.59. The minimum Gasteiger partial charge on any atom is -0.396 e. The van der Waals surface area contributed by atoms with Gasteiger partial charge in [-0.3, -0.25) is 0 Å². The molecule has 5 N–H and O–H groups in total. The van der Waals surface area contributed by atoms with Gasteiger partial charge in [-0.2, -0.15) is 0 Å². The molecule has 1 aliphatic carbocycles. The second kappa shape index (κ2) is 9.72. The Bertz CT molecular complexity index is 1230. The largest absolute Gasteiger partial charge is 0.396 e. The number of hydrogen-bond acceptors (Lipinski definition) is 8. The maximum atomic E-state index is 14.4. The number of imidazole rings is 1. The van der Waals surface area contributed by atoms with Gasteiger partial charge in [-0.25, -0.2) is 19.3 Å². The lowest BCUT2D eigenvalue weighted by molar-refractivity contribution is 0.292. The third-order valence-electron chi connectivity index (χ3n) is 5.77. The number of H-pyrrole nitrogens is 1. The lowest BCUT2D eigenvalue weighted by Gasteiger charge is -2.19. The molecule has 8 nitrogen and oxygen atoms in total. The SMILES string of the molecule is OCCCNc1ncc(-c2cnc(Nc3ccc4ncsc4c3)cc2NC2CCCC2F)[nH]1. The summed E-state index contributed by atoms with van der Waals surface area (Å²) in [6.07, 6.45) is 5.53. The maximum Gasteiger partial charge on any atom is 0.200 e. The highest BCUT2D eigenvalue weighted by Gasteiger charge is 2.27. The van der Waals surface area contributed by atoms with Crippen molar-refractivity contribution in [1.29, 1.82) is 0 Å². The van der Waals surface area contributed by atoms with Crippen molar-refractivity contribution >= 4 is 44.7 Å². The molecule has 172 valence electrons. The summed E-state index contributed by atoms with van der Waals surface area (Å²) in [6.45, 7) is 0.736. The maximum absolute atomic E-state index is 14.4. The van der Waals surface area contributed by atoms with Gasteiger partial charge in [-0.15, -0.1) is 11.3 Å². The van der Waals surface area contributed by atoms with E-state index in [0.29, 0.717) is 31.2 Å². The van der Waals surface area contributed by atoms with Crippen LogP contribution in [0.4, 0.5) is 27.5 Å². The van der Waals surface area contributed by atoms with Crippen LogP contribution in [0.25, 0.3) is 21.5 Å². The lowest BCUT2D eigenvalue weighted by atomic mass is 10.1. The second-order valence-corrected chi connectivity index (χ2v) is 9.01. The van der Waals surface area contributed by atoms with Gasteiger partial charge in [0.2, 0.25) is 5.95 Å². The standard InChI is InChI=1S/C23H26FN7OS/c24-16-3-1-4-17(16)30-19-10-22(29-14-5-6-18-21(9-14)33-13-28-18)26-11-15(19)20-12-27-23(31-20)25-7-2-8-32/h5-6,9-13,16-17,32H,1-4,7-8H2,(H2,25,27,31)(H2,26,29,30). The Hall–Kier alpha value is -3.24. The third kappa shape index (κ3) is 4.91. The zero-order chi connectivity index (χ0) is 22.6. The van der Waals surface area contributed by atoms with Crippen LogP contribution in [0.3, 0.4) is 0 Å². The van der Waals surface area contributed by atoms with Gasteiger partial charge in [0.05, 0.1) is 33.7 Å². The normalized spacial score (nSPS) is 18.0. The zero-order valence-corrected chi connectivity index (χ0v) is 18.8. The number of rotatable bonds is 9. The highest BCUT2D eigenvalue weighted by Crippen LogP contribution is 2.34. The molecule has 0 radical (unpaired) electrons. The van der Waals surface area contributed by atoms with Crippen LogP contribution in [0.15, 0.2) is 42.2 Å². The van der Waals surface area contributed by atoms with E-state index in [1.165, 1.54) is 0 Å². The molecule has 0 spiro atoms. The van der Waals surface area contributed by atoms with Crippen LogP contribution in [0.2, 0.25) is 0 Å². The number of thiazole rings is 1. The number of alkyl halides is 1. The zero-order valence-electron chi connectivity index (χ0n) is 18.0. The monoisotopic (exact) mass is 467 g/mol. The Kier molecular flexibility index (Phi) is 6.36. The van der Waals surface area contributed by atoms with Crippen LogP contribution >= 0.6 is 11.3 Å². The van der Waals surface area contributed by atoms with Crippen LogP contribution in [-0.2, 0) is 0 Å². The molecule has 2 unspecified atom stereocenters. The topological polar surface area (TPSA) is 111 Å². The van der Waals surface area contributed by atoms with E-state index in [1.807, 2.05) is 29.8 Å². The molecule has 0 saturated heterocycles. The van der Waals surface area contributed by atoms with Gasteiger partial charge in [-0.05, 0) is 43.9 Å². The number of aromatic nitrogens is 4. The van der Waals surface area contributed by atoms with Gasteiger partial charge in [0.1, 0.15) is 12.0 Å².